The number of piperazine rings is 1. The molecule has 0 saturated carbocycles. The molecule has 0 aromatic heterocycles. The second kappa shape index (κ2) is 6.91. The van der Waals surface area contributed by atoms with Gasteiger partial charge in [0.15, 0.2) is 0 Å². The molecular formula is C18H29N3. The first-order valence-corrected chi connectivity index (χ1v) is 8.56. The summed E-state index contributed by atoms with van der Waals surface area (Å²) in [6, 6.07) is 9.63. The lowest BCUT2D eigenvalue weighted by Gasteiger charge is -2.42. The highest BCUT2D eigenvalue weighted by Crippen LogP contribution is 2.35. The third kappa shape index (κ3) is 3.31. The summed E-state index contributed by atoms with van der Waals surface area (Å²) in [7, 11) is 0. The fourth-order valence-electron chi connectivity index (χ4n) is 3.99. The zero-order valence-electron chi connectivity index (χ0n) is 13.3. The van der Waals surface area contributed by atoms with Crippen molar-refractivity contribution in [2.45, 2.75) is 38.1 Å². The van der Waals surface area contributed by atoms with Crippen molar-refractivity contribution < 1.29 is 0 Å². The highest BCUT2D eigenvalue weighted by Gasteiger charge is 2.29. The van der Waals surface area contributed by atoms with Crippen LogP contribution in [-0.4, -0.2) is 55.1 Å². The van der Waals surface area contributed by atoms with Gasteiger partial charge < -0.3 is 10.6 Å². The van der Waals surface area contributed by atoms with E-state index >= 15 is 0 Å². The van der Waals surface area contributed by atoms with E-state index in [2.05, 4.69) is 41.0 Å². The summed E-state index contributed by atoms with van der Waals surface area (Å²) in [5, 5.41) is 0. The molecule has 1 aromatic rings. The van der Waals surface area contributed by atoms with Gasteiger partial charge in [0, 0.05) is 44.7 Å². The first-order chi connectivity index (χ1) is 10.3. The zero-order valence-corrected chi connectivity index (χ0v) is 13.3. The fraction of sp³-hybridized carbons (Fsp3) is 0.667. The highest BCUT2D eigenvalue weighted by atomic mass is 15.3. The first-order valence-electron chi connectivity index (χ1n) is 8.56. The van der Waals surface area contributed by atoms with Crippen molar-refractivity contribution in [2.75, 3.05) is 39.3 Å². The van der Waals surface area contributed by atoms with Gasteiger partial charge in [0.25, 0.3) is 0 Å². The Hall–Kier alpha value is -0.900. The minimum Gasteiger partial charge on any atom is -0.330 e. The van der Waals surface area contributed by atoms with Crippen LogP contribution in [0.15, 0.2) is 24.3 Å². The molecule has 0 bridgehead atoms. The molecule has 1 aromatic carbocycles. The van der Waals surface area contributed by atoms with Gasteiger partial charge in [-0.25, -0.2) is 0 Å². The lowest BCUT2D eigenvalue weighted by molar-refractivity contribution is 0.0859. The Labute approximate surface area is 129 Å². The van der Waals surface area contributed by atoms with E-state index < -0.39 is 0 Å². The van der Waals surface area contributed by atoms with Crippen LogP contribution in [0.1, 0.15) is 36.8 Å². The summed E-state index contributed by atoms with van der Waals surface area (Å²) in [5.74, 6) is 0.777. The van der Waals surface area contributed by atoms with Crippen LogP contribution in [0.2, 0.25) is 0 Å². The van der Waals surface area contributed by atoms with Gasteiger partial charge in [-0.2, -0.15) is 0 Å². The van der Waals surface area contributed by atoms with Gasteiger partial charge in [-0.3, -0.25) is 4.90 Å². The van der Waals surface area contributed by atoms with Crippen molar-refractivity contribution in [3.05, 3.63) is 35.4 Å². The summed E-state index contributed by atoms with van der Waals surface area (Å²) < 4.78 is 0. The summed E-state index contributed by atoms with van der Waals surface area (Å²) in [6.07, 6.45) is 3.65. The lowest BCUT2D eigenvalue weighted by Crippen LogP contribution is -2.51. The maximum Gasteiger partial charge on any atom is 0.0113 e. The van der Waals surface area contributed by atoms with Crippen LogP contribution in [0.4, 0.5) is 0 Å². The zero-order chi connectivity index (χ0) is 14.7. The number of benzene rings is 1. The van der Waals surface area contributed by atoms with Crippen LogP contribution in [-0.2, 0) is 6.42 Å². The molecule has 1 aliphatic heterocycles. The molecule has 0 amide bonds. The van der Waals surface area contributed by atoms with Crippen LogP contribution in [0.5, 0.6) is 0 Å². The Balaban J connectivity index is 1.47. The van der Waals surface area contributed by atoms with E-state index in [-0.39, 0.29) is 0 Å². The number of fused-ring (bicyclic) bond motifs is 1. The molecule has 3 nitrogen and oxygen atoms in total. The Morgan fingerprint density at radius 1 is 1.19 bits per heavy atom. The molecule has 3 heteroatoms. The normalized spacial score (nSPS) is 24.4. The third-order valence-electron chi connectivity index (χ3n) is 5.33. The average molecular weight is 287 g/mol. The van der Waals surface area contributed by atoms with E-state index in [1.807, 2.05) is 0 Å². The smallest absolute Gasteiger partial charge is 0.0113 e. The largest absolute Gasteiger partial charge is 0.330 e. The molecule has 2 atom stereocenters. The molecule has 3 rings (SSSR count). The Morgan fingerprint density at radius 3 is 2.62 bits per heavy atom. The van der Waals surface area contributed by atoms with Crippen LogP contribution in [0.3, 0.4) is 0 Å². The SMILES string of the molecule is CCC(CCN)N1CCN(CC2Cc3ccccc32)CC1. The van der Waals surface area contributed by atoms with E-state index in [0.717, 1.165) is 18.9 Å². The average Bonchev–Trinajstić information content (AvgIpc) is 2.51. The molecule has 1 fully saturated rings. The van der Waals surface area contributed by atoms with E-state index in [1.54, 1.807) is 11.1 Å². The van der Waals surface area contributed by atoms with Crippen LogP contribution < -0.4 is 5.73 Å². The monoisotopic (exact) mass is 287 g/mol. The number of nitrogens with two attached hydrogens (primary N) is 1. The highest BCUT2D eigenvalue weighted by molar-refractivity contribution is 5.40. The van der Waals surface area contributed by atoms with E-state index in [0.29, 0.717) is 6.04 Å². The quantitative estimate of drug-likeness (QED) is 0.869. The molecule has 1 aliphatic carbocycles. The number of hydrogen-bond donors (Lipinski definition) is 1. The van der Waals surface area contributed by atoms with Crippen LogP contribution in [0.25, 0.3) is 0 Å². The third-order valence-corrected chi connectivity index (χ3v) is 5.33. The Bertz CT molecular complexity index is 452. The molecule has 0 radical (unpaired) electrons. The second-order valence-electron chi connectivity index (χ2n) is 6.58. The van der Waals surface area contributed by atoms with Crippen molar-refractivity contribution in [1.29, 1.82) is 0 Å². The van der Waals surface area contributed by atoms with Crippen LogP contribution in [0, 0.1) is 0 Å². The lowest BCUT2D eigenvalue weighted by atomic mass is 9.77. The molecule has 2 unspecified atom stereocenters. The molecule has 116 valence electrons. The van der Waals surface area contributed by atoms with Gasteiger partial charge in [-0.1, -0.05) is 31.2 Å². The molecule has 21 heavy (non-hydrogen) atoms. The van der Waals surface area contributed by atoms with E-state index in [9.17, 15) is 0 Å². The van der Waals surface area contributed by atoms with Gasteiger partial charge in [0.1, 0.15) is 0 Å². The summed E-state index contributed by atoms with van der Waals surface area (Å²) in [5.41, 5.74) is 8.90. The summed E-state index contributed by atoms with van der Waals surface area (Å²) in [4.78, 5) is 5.31. The maximum atomic E-state index is 5.74. The molecule has 2 aliphatic rings. The van der Waals surface area contributed by atoms with Gasteiger partial charge in [-0.15, -0.1) is 0 Å². The minimum absolute atomic E-state index is 0.696. The number of hydrogen-bond acceptors (Lipinski definition) is 3. The summed E-state index contributed by atoms with van der Waals surface area (Å²) in [6.45, 7) is 9.23. The topological polar surface area (TPSA) is 32.5 Å². The predicted molar refractivity (Wildman–Crippen MR) is 88.7 cm³/mol. The predicted octanol–water partition coefficient (Wildman–Crippen LogP) is 2.07. The van der Waals surface area contributed by atoms with Crippen molar-refractivity contribution in [3.63, 3.8) is 0 Å². The van der Waals surface area contributed by atoms with E-state index in [1.165, 1.54) is 45.6 Å². The Morgan fingerprint density at radius 2 is 1.95 bits per heavy atom. The van der Waals surface area contributed by atoms with E-state index in [4.69, 9.17) is 5.73 Å². The first kappa shape index (κ1) is 15.0. The van der Waals surface area contributed by atoms with Gasteiger partial charge in [-0.05, 0) is 36.9 Å². The Kier molecular flexibility index (Phi) is 4.94. The van der Waals surface area contributed by atoms with Gasteiger partial charge in [0.2, 0.25) is 0 Å². The second-order valence-corrected chi connectivity index (χ2v) is 6.58. The van der Waals surface area contributed by atoms with Crippen molar-refractivity contribution >= 4 is 0 Å². The van der Waals surface area contributed by atoms with Crippen molar-refractivity contribution in [3.8, 4) is 0 Å². The number of nitrogens with zero attached hydrogens (tertiary/aromatic N) is 2. The van der Waals surface area contributed by atoms with Crippen molar-refractivity contribution in [2.24, 2.45) is 5.73 Å². The van der Waals surface area contributed by atoms with Gasteiger partial charge >= 0.3 is 0 Å². The molecule has 0 spiro atoms. The molecule has 1 saturated heterocycles. The van der Waals surface area contributed by atoms with Crippen LogP contribution >= 0.6 is 0 Å². The number of rotatable bonds is 6. The van der Waals surface area contributed by atoms with Gasteiger partial charge in [0.05, 0.1) is 0 Å². The summed E-state index contributed by atoms with van der Waals surface area (Å²) >= 11 is 0. The molecule has 1 heterocycles. The standard InChI is InChI=1S/C18H29N3/c1-2-17(7-8-19)21-11-9-20(10-12-21)14-16-13-15-5-3-4-6-18(15)16/h3-6,16-17H,2,7-14,19H2,1H3. The molecular weight excluding hydrogens is 258 g/mol. The molecule has 2 N–H and O–H groups in total. The fourth-order valence-corrected chi connectivity index (χ4v) is 3.99. The minimum atomic E-state index is 0.696. The maximum absolute atomic E-state index is 5.74. The van der Waals surface area contributed by atoms with Crippen molar-refractivity contribution in [1.82, 2.24) is 9.80 Å².